The number of carbonyl (C=O) groups is 1. The van der Waals surface area contributed by atoms with E-state index in [-0.39, 0.29) is 101 Å². The molecule has 53 nitrogen and oxygen atoms in total. The highest BCUT2D eigenvalue weighted by Gasteiger charge is 2.59. The predicted octanol–water partition coefficient (Wildman–Crippen LogP) is 3.27. The van der Waals surface area contributed by atoms with Crippen LogP contribution >= 0.6 is 63.9 Å². The molecule has 9 saturated heterocycles. The van der Waals surface area contributed by atoms with Crippen molar-refractivity contribution >= 4 is 216 Å². The number of halogens is 5. The van der Waals surface area contributed by atoms with Crippen molar-refractivity contribution < 1.29 is 134 Å². The minimum Gasteiger partial charge on any atom is -0.369 e. The molecule has 0 spiro atoms. The third-order valence-corrected chi connectivity index (χ3v) is 32.5. The van der Waals surface area contributed by atoms with Crippen LogP contribution in [0.4, 0.5) is 57.3 Å². The number of nitrogens with zero attached hydrogens (tertiary/aromatic N) is 18. The molecule has 0 radical (unpaired) electrons. The quantitative estimate of drug-likeness (QED) is 0.0645. The molecular formula is C63H73F5N26O27P6S7. The molecule has 9 unspecified atom stereocenters. The number of rotatable bonds is 6. The SMILES string of the molecule is Nc1nc2c(ncn2[C@@H]2O[C@@H]3COP(=O)(S)O[C@H]4[C@H](F)[C@H](n5cnc6c5N=CCC6=O)O[C@@H]4COP(O)(=S)OC2[C@@H]3F)c(=O)[nH]1.Nc1nc2c(ncn2[C@@H]2O[C@@H]3COP(O)(=S)O[C@H]4[C@H](F)[C@H](n5cnc6c5N=CCC6N)O[C@@H]4COP(=S)(S)O[C@@H]2C3)c(=O)[nH]1.Nc1nc2c(ncn2[C@@H]2O[C@@H]3COP(O)(=S)O[C@H]4[C@H](F)[C@H](n5cnc6c5N=CCC6N)O[C@@H]4COP(O)(=S)O[C@@H]2[C@@H]3F)c(=O)[nH]1. The smallest absolute Gasteiger partial charge is 0.369 e. The van der Waals surface area contributed by atoms with Gasteiger partial charge in [-0.05, 0) is 59.0 Å². The van der Waals surface area contributed by atoms with E-state index in [9.17, 15) is 43.3 Å². The Labute approximate surface area is 780 Å². The number of hydrogen-bond donors (Lipinski definition) is 14. The zero-order valence-corrected chi connectivity index (χ0v) is 78.6. The summed E-state index contributed by atoms with van der Waals surface area (Å²) in [5.41, 5.74) is 24.7. The van der Waals surface area contributed by atoms with Gasteiger partial charge in [-0.25, -0.2) is 71.4 Å². The first-order valence-corrected chi connectivity index (χ1v) is 56.4. The van der Waals surface area contributed by atoms with E-state index in [0.717, 1.165) is 28.1 Å². The van der Waals surface area contributed by atoms with Gasteiger partial charge in [-0.1, -0.05) is 24.5 Å². The maximum atomic E-state index is 16.1. The molecule has 12 aliphatic rings. The average Bonchev–Trinajstić information content (AvgIpc) is 1.61. The van der Waals surface area contributed by atoms with Crippen LogP contribution in [-0.2, 0) is 146 Å². The number of nitrogen functional groups attached to an aromatic ring is 3. The van der Waals surface area contributed by atoms with Gasteiger partial charge >= 0.3 is 33.7 Å². The van der Waals surface area contributed by atoms with E-state index >= 15 is 22.0 Å². The first-order valence-electron chi connectivity index (χ1n) is 39.6. The summed E-state index contributed by atoms with van der Waals surface area (Å²) >= 11 is 34.8. The monoisotopic (exact) mass is 2130 g/mol. The average molecular weight is 2130 g/mol. The zero-order chi connectivity index (χ0) is 94.6. The summed E-state index contributed by atoms with van der Waals surface area (Å²) in [5.74, 6) is -0.325. The lowest BCUT2D eigenvalue weighted by Crippen LogP contribution is -2.34. The minimum absolute atomic E-state index is 0.00837. The fourth-order valence-electron chi connectivity index (χ4n) is 16.4. The Bertz CT molecular complexity index is 6730. The summed E-state index contributed by atoms with van der Waals surface area (Å²) < 4.78 is 203. The standard InChI is InChI=1S/C21H25F2N9O9P2S2.C21H22F2N8O10P2S2.C21H26FN9O8P2S3/c22-10-8-3-36-42(34,44)40-14-9(39-19(11(14)23)31-5-27-12-7(24)1-2-26-16(12)31)4-37-43(35,45)41-15(10)20(38-8)32-6-28-13-17(32)29-21(25)30-18(13)33;22-10-8-3-36-42(34,44)40-14-9(39-19(11(14)23)30-5-26-12-7(32)1-2-25-16(12)30)4-37-43(35,45)41-15(10)20(38-8)31-6-27-13-17(31)28-21(24)29-18(13)33;22-12-15-11(37-20(12)30-6-26-13-9(23)1-2-25-16(13)30)5-35-41(43,44)38-10-3-8(4-34-40(33,42)39-15)36-19(10)31-7-27-14-17(31)28-21(24)29-18(14)32/h2,5-11,14-15,19-20H,1,3-4,24H2,(H,34,44)(H,35,45)(H3,25,29,30,33);2,5-6,8-11,14-15,19-20H,1,3-4H2,(H,34,44)(H,35,45)(H3,24,28,29,33);2,6-12,15,19-20H,1,3-5,23H2,(H,33,42)(H,43,44)(H3,24,28,29,32)/t7?,8-,9-,10-,11+,14-,15-,19-,20-,42?,43?;8-,9-,10-,11+,14-,15?,19-,20-,42?,43?;8-,9?,10+,11+,12-,15+,19+,20+,40?/m110/s1. The lowest BCUT2D eigenvalue weighted by molar-refractivity contribution is -0.0601. The van der Waals surface area contributed by atoms with E-state index in [0.29, 0.717) is 30.0 Å². The van der Waals surface area contributed by atoms with Crippen molar-refractivity contribution in [3.05, 3.63) is 86.1 Å². The number of nitrogens with one attached hydrogen (secondary N) is 3. The van der Waals surface area contributed by atoms with Gasteiger partial charge in [0.15, 0.2) is 131 Å². The minimum atomic E-state index is -4.47. The van der Waals surface area contributed by atoms with Crippen molar-refractivity contribution in [3.63, 3.8) is 0 Å². The third-order valence-electron chi connectivity index (χ3n) is 22.4. The fourth-order valence-corrected chi connectivity index (χ4v) is 25.6. The number of thiol groups is 2. The third kappa shape index (κ3) is 19.1. The van der Waals surface area contributed by atoms with Gasteiger partial charge in [-0.3, -0.25) is 88.7 Å². The van der Waals surface area contributed by atoms with Gasteiger partial charge < -0.3 is 104 Å². The number of carbonyl (C=O) groups excluding carboxylic acids is 1. The molecule has 0 aliphatic carbocycles. The normalized spacial score (nSPS) is 39.5. The molecule has 21 heterocycles. The largest absolute Gasteiger partial charge is 0.386 e. The van der Waals surface area contributed by atoms with Gasteiger partial charge in [0.2, 0.25) is 23.5 Å². The number of ketones is 1. The van der Waals surface area contributed by atoms with Crippen LogP contribution in [0.3, 0.4) is 0 Å². The number of H-pyrrole nitrogens is 3. The number of imidazole rings is 6. The second-order valence-electron chi connectivity index (χ2n) is 31.1. The molecule has 12 aliphatic heterocycles. The van der Waals surface area contributed by atoms with Gasteiger partial charge in [-0.2, -0.15) is 15.0 Å². The van der Waals surface area contributed by atoms with E-state index in [2.05, 4.69) is 99.3 Å². The van der Waals surface area contributed by atoms with Crippen molar-refractivity contribution in [3.8, 4) is 0 Å². The first kappa shape index (κ1) is 96.5. The Morgan fingerprint density at radius 2 is 0.761 bits per heavy atom. The van der Waals surface area contributed by atoms with Crippen LogP contribution in [0.25, 0.3) is 33.5 Å². The van der Waals surface area contributed by atoms with Gasteiger partial charge in [0.05, 0.1) is 95.8 Å². The summed E-state index contributed by atoms with van der Waals surface area (Å²) in [7, 11) is 0. The molecule has 0 amide bonds. The Morgan fingerprint density at radius 3 is 1.21 bits per heavy atom. The number of aromatic amines is 3. The Kier molecular flexibility index (Phi) is 26.8. The van der Waals surface area contributed by atoms with Crippen molar-refractivity contribution in [1.29, 1.82) is 0 Å². The number of alkyl halides is 5. The maximum Gasteiger partial charge on any atom is 0.386 e. The molecule has 9 fully saturated rings. The second-order valence-corrected chi connectivity index (χ2v) is 50.4. The summed E-state index contributed by atoms with van der Waals surface area (Å²) in [4.78, 5) is 150. The van der Waals surface area contributed by atoms with Crippen LogP contribution < -0.4 is 45.3 Å². The first-order chi connectivity index (χ1) is 63.5. The van der Waals surface area contributed by atoms with Gasteiger partial charge in [0, 0.05) is 44.3 Å². The van der Waals surface area contributed by atoms with E-state index in [1.165, 1.54) is 43.5 Å². The highest BCUT2D eigenvalue weighted by atomic mass is 32.9. The number of anilines is 3. The molecule has 17 N–H and O–H groups in total. The summed E-state index contributed by atoms with van der Waals surface area (Å²) in [6.45, 7) is -24.9. The van der Waals surface area contributed by atoms with Crippen LogP contribution in [-0.4, -0.2) is 275 Å². The number of ether oxygens (including phenoxy) is 6. The number of aromatic nitrogens is 18. The topological polar surface area (TPSA) is 693 Å². The van der Waals surface area contributed by atoms with Crippen molar-refractivity contribution in [2.24, 2.45) is 26.4 Å². The number of Topliss-reactive ketones (excluding diaryl/α,β-unsaturated/α-hetero) is 1. The molecule has 0 saturated carbocycles. The number of fused-ring (bicyclic) bond motifs is 15. The van der Waals surface area contributed by atoms with E-state index in [4.69, 9.17) is 170 Å². The number of nitrogens with two attached hydrogens (primary N) is 5. The second kappa shape index (κ2) is 37.3. The van der Waals surface area contributed by atoms with Crippen LogP contribution in [0.15, 0.2) is 67.3 Å². The molecule has 724 valence electrons. The number of hydrogen-bond acceptors (Lipinski definition) is 45. The summed E-state index contributed by atoms with van der Waals surface area (Å²) in [5, 5.41) is 0. The van der Waals surface area contributed by atoms with Gasteiger partial charge in [-0.15, -0.1) is 0 Å². The fraction of sp³-hybridized carbons (Fsp3) is 0.556. The van der Waals surface area contributed by atoms with Crippen LogP contribution in [0.5, 0.6) is 0 Å². The summed E-state index contributed by atoms with van der Waals surface area (Å²) in [6, 6.07) is -0.862. The summed E-state index contributed by atoms with van der Waals surface area (Å²) in [6.07, 6.45) is -21.4. The molecule has 9 aromatic heterocycles. The lowest BCUT2D eigenvalue weighted by atomic mass is 10.1. The van der Waals surface area contributed by atoms with E-state index < -0.39 is 236 Å². The van der Waals surface area contributed by atoms with E-state index in [1.807, 2.05) is 0 Å². The maximum absolute atomic E-state index is 16.1. The molecule has 9 aromatic rings. The zero-order valence-electron chi connectivity index (χ0n) is 67.3. The Balaban J connectivity index is 0.000000129. The molecule has 21 rings (SSSR count). The van der Waals surface area contributed by atoms with Crippen molar-refractivity contribution in [2.75, 3.05) is 56.8 Å². The van der Waals surface area contributed by atoms with Crippen LogP contribution in [0.1, 0.15) is 97.0 Å². The molecule has 6 bridgehead atoms. The lowest BCUT2D eigenvalue weighted by Gasteiger charge is -2.28. The van der Waals surface area contributed by atoms with Crippen molar-refractivity contribution in [1.82, 2.24) is 87.2 Å². The highest BCUT2D eigenvalue weighted by molar-refractivity contribution is 8.60. The number of aliphatic imine (C=N–C) groups is 3. The van der Waals surface area contributed by atoms with Crippen LogP contribution in [0.2, 0.25) is 0 Å². The Hall–Kier alpha value is -6.37. The highest BCUT2D eigenvalue weighted by Crippen LogP contribution is 2.63. The van der Waals surface area contributed by atoms with Crippen molar-refractivity contribution in [2.45, 2.75) is 179 Å². The van der Waals surface area contributed by atoms with Gasteiger partial charge in [0.25, 0.3) is 16.7 Å². The van der Waals surface area contributed by atoms with E-state index in [1.54, 1.807) is 12.4 Å². The molecule has 71 heteroatoms. The molecule has 134 heavy (non-hydrogen) atoms. The molecule has 31 atom stereocenters. The van der Waals surface area contributed by atoms with Gasteiger partial charge in [0.1, 0.15) is 78.5 Å². The Morgan fingerprint density at radius 1 is 0.403 bits per heavy atom. The molecule has 0 aromatic carbocycles. The predicted molar refractivity (Wildman–Crippen MR) is 474 cm³/mol. The molecular weight excluding hydrogens is 2060 g/mol. The van der Waals surface area contributed by atoms with Crippen LogP contribution in [0, 0.1) is 0 Å².